The molecule has 3 rings (SSSR count). The van der Waals surface area contributed by atoms with E-state index in [1.165, 1.54) is 24.5 Å². The lowest BCUT2D eigenvalue weighted by molar-refractivity contribution is 0.0949. The van der Waals surface area contributed by atoms with Crippen LogP contribution in [0.1, 0.15) is 26.5 Å². The molecule has 3 aromatic rings. The Balaban J connectivity index is 1.76. The van der Waals surface area contributed by atoms with E-state index in [-0.39, 0.29) is 18.0 Å². The Labute approximate surface area is 157 Å². The molecule has 2 N–H and O–H groups in total. The summed E-state index contributed by atoms with van der Waals surface area (Å²) in [4.78, 5) is 24.9. The van der Waals surface area contributed by atoms with Crippen LogP contribution in [0.25, 0.3) is 0 Å². The van der Waals surface area contributed by atoms with Gasteiger partial charge in [0.2, 0.25) is 0 Å². The second-order valence-corrected chi connectivity index (χ2v) is 6.24. The normalized spacial score (nSPS) is 10.4. The van der Waals surface area contributed by atoms with Gasteiger partial charge in [-0.15, -0.1) is 0 Å². The number of halogens is 2. The molecule has 7 heteroatoms. The molecule has 2 aromatic carbocycles. The van der Waals surface area contributed by atoms with E-state index in [0.29, 0.717) is 21.5 Å². The maximum Gasteiger partial charge on any atom is 0.256 e. The molecular weight excluding hydrogens is 403 g/mol. The third-order valence-electron chi connectivity index (χ3n) is 3.60. The van der Waals surface area contributed by atoms with Gasteiger partial charge in [0.1, 0.15) is 11.6 Å². The van der Waals surface area contributed by atoms with Gasteiger partial charge in [0.25, 0.3) is 11.8 Å². The fraction of sp³-hybridized carbons (Fsp3) is 0.0526. The number of carbonyl (C=O) groups excluding carboxylic acids is 2. The first-order valence-corrected chi connectivity index (χ1v) is 8.50. The van der Waals surface area contributed by atoms with Gasteiger partial charge >= 0.3 is 0 Å². The zero-order valence-electron chi connectivity index (χ0n) is 13.5. The van der Waals surface area contributed by atoms with Gasteiger partial charge in [-0.05, 0) is 58.4 Å². The van der Waals surface area contributed by atoms with Gasteiger partial charge in [-0.1, -0.05) is 12.1 Å². The zero-order valence-corrected chi connectivity index (χ0v) is 15.0. The highest BCUT2D eigenvalue weighted by Gasteiger charge is 2.16. The van der Waals surface area contributed by atoms with E-state index in [4.69, 9.17) is 4.42 Å². The predicted molar refractivity (Wildman–Crippen MR) is 98.4 cm³/mol. The molecule has 0 saturated heterocycles. The van der Waals surface area contributed by atoms with Crippen LogP contribution in [0.5, 0.6) is 0 Å². The summed E-state index contributed by atoms with van der Waals surface area (Å²) in [6.45, 7) is 0.234. The summed E-state index contributed by atoms with van der Waals surface area (Å²) in [5, 5.41) is 5.42. The van der Waals surface area contributed by atoms with Crippen LogP contribution in [0.4, 0.5) is 10.1 Å². The highest BCUT2D eigenvalue weighted by molar-refractivity contribution is 9.10. The van der Waals surface area contributed by atoms with Crippen molar-refractivity contribution in [3.63, 3.8) is 0 Å². The van der Waals surface area contributed by atoms with Crippen molar-refractivity contribution in [2.75, 3.05) is 5.32 Å². The fourth-order valence-corrected chi connectivity index (χ4v) is 2.86. The van der Waals surface area contributed by atoms with Gasteiger partial charge in [0.15, 0.2) is 0 Å². The highest BCUT2D eigenvalue weighted by Crippen LogP contribution is 2.21. The molecule has 132 valence electrons. The van der Waals surface area contributed by atoms with Crippen molar-refractivity contribution < 1.29 is 18.4 Å². The van der Waals surface area contributed by atoms with E-state index >= 15 is 0 Å². The van der Waals surface area contributed by atoms with E-state index in [2.05, 4.69) is 26.6 Å². The van der Waals surface area contributed by atoms with Crippen molar-refractivity contribution in [3.05, 3.63) is 88.0 Å². The summed E-state index contributed by atoms with van der Waals surface area (Å²) in [6.07, 6.45) is 1.52. The Morgan fingerprint density at radius 3 is 2.54 bits per heavy atom. The third-order valence-corrected chi connectivity index (χ3v) is 4.26. The molecule has 1 aromatic heterocycles. The molecule has 0 bridgehead atoms. The average molecular weight is 417 g/mol. The first-order valence-electron chi connectivity index (χ1n) is 7.70. The fourth-order valence-electron chi connectivity index (χ4n) is 2.33. The van der Waals surface area contributed by atoms with Crippen LogP contribution < -0.4 is 10.6 Å². The number of benzene rings is 2. The minimum atomic E-state index is -0.455. The van der Waals surface area contributed by atoms with E-state index in [0.717, 1.165) is 0 Å². The summed E-state index contributed by atoms with van der Waals surface area (Å²) in [5.41, 5.74) is 0.925. The van der Waals surface area contributed by atoms with E-state index in [1.807, 2.05) is 0 Å². The lowest BCUT2D eigenvalue weighted by Crippen LogP contribution is -2.24. The van der Waals surface area contributed by atoms with Crippen LogP contribution in [0.2, 0.25) is 0 Å². The Morgan fingerprint density at radius 1 is 1.00 bits per heavy atom. The number of hydrogen-bond acceptors (Lipinski definition) is 3. The first-order chi connectivity index (χ1) is 12.5. The van der Waals surface area contributed by atoms with Gasteiger partial charge in [0, 0.05) is 4.47 Å². The van der Waals surface area contributed by atoms with Gasteiger partial charge in [-0.2, -0.15) is 0 Å². The zero-order chi connectivity index (χ0) is 18.5. The minimum Gasteiger partial charge on any atom is -0.467 e. The van der Waals surface area contributed by atoms with Crippen molar-refractivity contribution in [1.82, 2.24) is 5.32 Å². The monoisotopic (exact) mass is 416 g/mol. The SMILES string of the molecule is O=C(Nc1ccccc1C(=O)NCc1ccco1)c1ccc(F)cc1Br. The lowest BCUT2D eigenvalue weighted by Gasteiger charge is -2.12. The number of nitrogens with one attached hydrogen (secondary N) is 2. The second-order valence-electron chi connectivity index (χ2n) is 5.39. The number of carbonyl (C=O) groups is 2. The van der Waals surface area contributed by atoms with Crippen molar-refractivity contribution in [1.29, 1.82) is 0 Å². The summed E-state index contributed by atoms with van der Waals surface area (Å²) in [6, 6.07) is 13.9. The molecule has 0 aliphatic carbocycles. The summed E-state index contributed by atoms with van der Waals surface area (Å²) in [5.74, 6) is -0.639. The lowest BCUT2D eigenvalue weighted by atomic mass is 10.1. The van der Waals surface area contributed by atoms with Gasteiger partial charge in [0.05, 0.1) is 29.6 Å². The average Bonchev–Trinajstić information content (AvgIpc) is 3.13. The van der Waals surface area contributed by atoms with Gasteiger partial charge < -0.3 is 15.1 Å². The Morgan fingerprint density at radius 2 is 1.81 bits per heavy atom. The summed E-state index contributed by atoms with van der Waals surface area (Å²) < 4.78 is 18.7. The molecule has 0 spiro atoms. The van der Waals surface area contributed by atoms with E-state index in [1.54, 1.807) is 36.4 Å². The van der Waals surface area contributed by atoms with Crippen LogP contribution in [0.15, 0.2) is 69.8 Å². The highest BCUT2D eigenvalue weighted by atomic mass is 79.9. The van der Waals surface area contributed by atoms with Crippen LogP contribution in [0, 0.1) is 5.82 Å². The van der Waals surface area contributed by atoms with Crippen molar-refractivity contribution >= 4 is 33.4 Å². The number of furan rings is 1. The molecule has 0 unspecified atom stereocenters. The van der Waals surface area contributed by atoms with E-state index in [9.17, 15) is 14.0 Å². The molecule has 2 amide bonds. The Hall–Kier alpha value is -2.93. The van der Waals surface area contributed by atoms with Crippen LogP contribution in [-0.2, 0) is 6.54 Å². The van der Waals surface area contributed by atoms with Crippen molar-refractivity contribution in [2.24, 2.45) is 0 Å². The molecule has 0 aliphatic heterocycles. The maximum absolute atomic E-state index is 13.2. The quantitative estimate of drug-likeness (QED) is 0.648. The van der Waals surface area contributed by atoms with Crippen LogP contribution in [0.3, 0.4) is 0 Å². The molecular formula is C19H14BrFN2O3. The molecule has 0 aliphatic rings. The Bertz CT molecular complexity index is 942. The standard InChI is InChI=1S/C19H14BrFN2O3/c20-16-10-12(21)7-8-14(16)19(25)23-17-6-2-1-5-15(17)18(24)22-11-13-4-3-9-26-13/h1-10H,11H2,(H,22,24)(H,23,25). The molecule has 0 atom stereocenters. The topological polar surface area (TPSA) is 71.3 Å². The maximum atomic E-state index is 13.2. The number of para-hydroxylation sites is 1. The first kappa shape index (κ1) is 17.9. The molecule has 1 heterocycles. The van der Waals surface area contributed by atoms with Gasteiger partial charge in [-0.25, -0.2) is 4.39 Å². The van der Waals surface area contributed by atoms with Crippen LogP contribution >= 0.6 is 15.9 Å². The number of rotatable bonds is 5. The molecule has 0 saturated carbocycles. The molecule has 5 nitrogen and oxygen atoms in total. The molecule has 0 fully saturated rings. The predicted octanol–water partition coefficient (Wildman–Crippen LogP) is 4.36. The Kier molecular flexibility index (Phi) is 5.48. The summed E-state index contributed by atoms with van der Waals surface area (Å²) >= 11 is 3.16. The van der Waals surface area contributed by atoms with E-state index < -0.39 is 11.7 Å². The smallest absolute Gasteiger partial charge is 0.256 e. The summed E-state index contributed by atoms with van der Waals surface area (Å²) in [7, 11) is 0. The van der Waals surface area contributed by atoms with Crippen LogP contribution in [-0.4, -0.2) is 11.8 Å². The van der Waals surface area contributed by atoms with Crippen molar-refractivity contribution in [2.45, 2.75) is 6.54 Å². The van der Waals surface area contributed by atoms with Crippen molar-refractivity contribution in [3.8, 4) is 0 Å². The second kappa shape index (κ2) is 7.97. The number of amides is 2. The number of anilines is 1. The molecule has 0 radical (unpaired) electrons. The minimum absolute atomic E-state index is 0.234. The molecule has 26 heavy (non-hydrogen) atoms. The third kappa shape index (κ3) is 4.18. The van der Waals surface area contributed by atoms with Gasteiger partial charge in [-0.3, -0.25) is 9.59 Å². The largest absolute Gasteiger partial charge is 0.467 e. The number of hydrogen-bond donors (Lipinski definition) is 2.